The predicted molar refractivity (Wildman–Crippen MR) is 132 cm³/mol. The molecule has 0 amide bonds. The minimum Gasteiger partial charge on any atom is -0.391 e. The largest absolute Gasteiger partial charge is 0.421 e. The lowest BCUT2D eigenvalue weighted by atomic mass is 9.95. The molecule has 1 aromatic heterocycles. The number of ether oxygens (including phenoxy) is 1. The zero-order valence-electron chi connectivity index (χ0n) is 20.2. The lowest BCUT2D eigenvalue weighted by molar-refractivity contribution is -0.258. The molecule has 3 saturated heterocycles. The van der Waals surface area contributed by atoms with Crippen LogP contribution in [0.2, 0.25) is 0 Å². The highest BCUT2D eigenvalue weighted by atomic mass is 32.2. The fraction of sp³-hybridized carbons (Fsp3) is 0.583. The van der Waals surface area contributed by atoms with Gasteiger partial charge < -0.3 is 19.8 Å². The molecule has 3 aliphatic heterocycles. The third-order valence-corrected chi connectivity index (χ3v) is 11.0. The van der Waals surface area contributed by atoms with Gasteiger partial charge in [0, 0.05) is 37.9 Å². The van der Waals surface area contributed by atoms with Crippen LogP contribution < -0.4 is 4.90 Å². The molecule has 0 saturated carbocycles. The number of aliphatic hydroxyl groups is 2. The maximum atomic E-state index is 13.3. The van der Waals surface area contributed by atoms with E-state index >= 15 is 0 Å². The summed E-state index contributed by atoms with van der Waals surface area (Å²) >= 11 is 1.16. The van der Waals surface area contributed by atoms with Crippen LogP contribution in [0.25, 0.3) is 0 Å². The summed E-state index contributed by atoms with van der Waals surface area (Å²) in [5, 5.41) is 22.3. The molecule has 5 atom stereocenters. The predicted octanol–water partition coefficient (Wildman–Crippen LogP) is 2.23. The van der Waals surface area contributed by atoms with Gasteiger partial charge in [-0.15, -0.1) is 11.3 Å². The van der Waals surface area contributed by atoms with Crippen molar-refractivity contribution in [1.82, 2.24) is 9.21 Å². The molecule has 3 aliphatic rings. The second-order valence-corrected chi connectivity index (χ2v) is 13.1. The Morgan fingerprint density at radius 3 is 2.49 bits per heavy atom. The summed E-state index contributed by atoms with van der Waals surface area (Å²) in [7, 11) is -3.69. The molecule has 3 fully saturated rings. The van der Waals surface area contributed by atoms with E-state index in [4.69, 9.17) is 4.74 Å². The number of rotatable bonds is 6. The fourth-order valence-corrected chi connectivity index (χ4v) is 8.12. The Morgan fingerprint density at radius 2 is 1.86 bits per heavy atom. The molecular formula is C24H30F3N3O5S2. The monoisotopic (exact) mass is 561 g/mol. The number of fused-ring (bicyclic) bond motifs is 2. The Balaban J connectivity index is 1.43. The maximum Gasteiger partial charge on any atom is 0.421 e. The Hall–Kier alpha value is -1.74. The summed E-state index contributed by atoms with van der Waals surface area (Å²) in [6.07, 6.45) is -4.77. The van der Waals surface area contributed by atoms with Crippen molar-refractivity contribution < 1.29 is 36.5 Å². The molecule has 1 aromatic carbocycles. The maximum absolute atomic E-state index is 13.3. The van der Waals surface area contributed by atoms with Crippen molar-refractivity contribution in [3.8, 4) is 0 Å². The van der Waals surface area contributed by atoms with Gasteiger partial charge in [-0.25, -0.2) is 8.42 Å². The number of aliphatic hydroxyl groups excluding tert-OH is 1. The minimum absolute atomic E-state index is 0.0177. The van der Waals surface area contributed by atoms with Gasteiger partial charge in [0.2, 0.25) is 0 Å². The molecule has 204 valence electrons. The Kier molecular flexibility index (Phi) is 7.10. The van der Waals surface area contributed by atoms with E-state index in [0.29, 0.717) is 38.4 Å². The van der Waals surface area contributed by atoms with Gasteiger partial charge in [-0.3, -0.25) is 4.90 Å². The molecule has 5 rings (SSSR count). The summed E-state index contributed by atoms with van der Waals surface area (Å²) in [6, 6.07) is 8.38. The highest BCUT2D eigenvalue weighted by molar-refractivity contribution is 7.91. The van der Waals surface area contributed by atoms with E-state index in [1.807, 2.05) is 4.90 Å². The molecule has 0 aliphatic carbocycles. The molecule has 2 aromatic rings. The van der Waals surface area contributed by atoms with E-state index in [1.165, 1.54) is 28.6 Å². The number of alkyl halides is 3. The molecular weight excluding hydrogens is 531 g/mol. The molecule has 0 radical (unpaired) electrons. The molecule has 2 N–H and O–H groups in total. The van der Waals surface area contributed by atoms with Crippen molar-refractivity contribution >= 4 is 27.0 Å². The van der Waals surface area contributed by atoms with E-state index in [-0.39, 0.29) is 41.0 Å². The van der Waals surface area contributed by atoms with Gasteiger partial charge in [0.25, 0.3) is 10.0 Å². The topological polar surface area (TPSA) is 93.6 Å². The third-order valence-electron chi connectivity index (χ3n) is 7.72. The molecule has 8 nitrogen and oxygen atoms in total. The summed E-state index contributed by atoms with van der Waals surface area (Å²) in [5.74, 6) is 0. The first kappa shape index (κ1) is 26.9. The second kappa shape index (κ2) is 9.78. The second-order valence-electron chi connectivity index (χ2n) is 10.0. The normalized spacial score (nSPS) is 29.4. The van der Waals surface area contributed by atoms with Gasteiger partial charge in [-0.2, -0.15) is 17.5 Å². The minimum atomic E-state index is -4.82. The number of benzene rings is 1. The van der Waals surface area contributed by atoms with Crippen LogP contribution in [0.1, 0.15) is 18.9 Å². The average Bonchev–Trinajstić information content (AvgIpc) is 3.44. The molecule has 37 heavy (non-hydrogen) atoms. The van der Waals surface area contributed by atoms with Crippen LogP contribution in [0.5, 0.6) is 0 Å². The molecule has 0 spiro atoms. The van der Waals surface area contributed by atoms with Crippen LogP contribution in [0.3, 0.4) is 0 Å². The molecule has 2 bridgehead atoms. The van der Waals surface area contributed by atoms with Crippen LogP contribution in [0, 0.1) is 0 Å². The highest BCUT2D eigenvalue weighted by Gasteiger charge is 2.51. The number of nitrogens with zero attached hydrogens (tertiary/aromatic N) is 3. The lowest BCUT2D eigenvalue weighted by Gasteiger charge is -2.46. The summed E-state index contributed by atoms with van der Waals surface area (Å²) in [5.41, 5.74) is -2.61. The number of hydrogen-bond donors (Lipinski definition) is 2. The first-order valence-corrected chi connectivity index (χ1v) is 14.4. The number of hydrogen-bond acceptors (Lipinski definition) is 8. The first-order chi connectivity index (χ1) is 17.4. The van der Waals surface area contributed by atoms with Gasteiger partial charge in [0.1, 0.15) is 4.21 Å². The van der Waals surface area contributed by atoms with E-state index in [0.717, 1.165) is 18.3 Å². The smallest absolute Gasteiger partial charge is 0.391 e. The van der Waals surface area contributed by atoms with Crippen LogP contribution in [0.4, 0.5) is 18.9 Å². The average molecular weight is 562 g/mol. The quantitative estimate of drug-likeness (QED) is 0.559. The number of halogens is 3. The van der Waals surface area contributed by atoms with Crippen LogP contribution in [-0.4, -0.2) is 97.6 Å². The number of sulfonamides is 1. The zero-order chi connectivity index (χ0) is 26.6. The molecule has 4 heterocycles. The van der Waals surface area contributed by atoms with Gasteiger partial charge in [0.05, 0.1) is 31.4 Å². The van der Waals surface area contributed by atoms with Gasteiger partial charge in [-0.05, 0) is 42.5 Å². The number of thiophene rings is 1. The van der Waals surface area contributed by atoms with Crippen molar-refractivity contribution in [1.29, 1.82) is 0 Å². The first-order valence-electron chi connectivity index (χ1n) is 12.1. The fourth-order valence-electron chi connectivity index (χ4n) is 5.51. The summed E-state index contributed by atoms with van der Waals surface area (Å²) < 4.78 is 73.9. The number of morpholine rings is 1. The summed E-state index contributed by atoms with van der Waals surface area (Å²) in [4.78, 5) is 4.18. The number of piperazine rings is 1. The van der Waals surface area contributed by atoms with Crippen molar-refractivity contribution in [2.24, 2.45) is 0 Å². The van der Waals surface area contributed by atoms with Crippen molar-refractivity contribution in [2.45, 2.75) is 53.6 Å². The Bertz CT molecular complexity index is 1190. The van der Waals surface area contributed by atoms with E-state index < -0.39 is 27.9 Å². The van der Waals surface area contributed by atoms with Crippen LogP contribution in [0.15, 0.2) is 46.0 Å². The Labute approximate surface area is 217 Å². The van der Waals surface area contributed by atoms with Crippen LogP contribution in [-0.2, 0) is 20.4 Å². The van der Waals surface area contributed by atoms with Gasteiger partial charge in [-0.1, -0.05) is 18.2 Å². The summed E-state index contributed by atoms with van der Waals surface area (Å²) in [6.45, 7) is 2.81. The number of anilines is 1. The van der Waals surface area contributed by atoms with Crippen LogP contribution >= 0.6 is 11.3 Å². The Morgan fingerprint density at radius 1 is 1.14 bits per heavy atom. The van der Waals surface area contributed by atoms with Crippen molar-refractivity contribution in [3.63, 3.8) is 0 Å². The van der Waals surface area contributed by atoms with E-state index in [2.05, 4.69) is 4.90 Å². The molecule has 1 unspecified atom stereocenters. The van der Waals surface area contributed by atoms with Crippen molar-refractivity contribution in [3.05, 3.63) is 47.3 Å². The third kappa shape index (κ3) is 4.90. The SMILES string of the molecule is CC(O)(c1ccc(N2CCN(S(=O)(=O)c3cccs3)C[C@@H]2CN2[C@H]3COC[C@H]2[C@@H](O)C3)cc1)C(F)(F)F. The van der Waals surface area contributed by atoms with Gasteiger partial charge >= 0.3 is 6.18 Å². The van der Waals surface area contributed by atoms with Gasteiger partial charge in [0.15, 0.2) is 5.60 Å². The van der Waals surface area contributed by atoms with E-state index in [9.17, 15) is 31.8 Å². The van der Waals surface area contributed by atoms with Crippen molar-refractivity contribution in [2.75, 3.05) is 44.3 Å². The van der Waals surface area contributed by atoms with E-state index in [1.54, 1.807) is 17.5 Å². The molecule has 13 heteroatoms. The lowest BCUT2D eigenvalue weighted by Crippen LogP contribution is -2.61. The zero-order valence-corrected chi connectivity index (χ0v) is 21.8. The standard InChI is InChI=1S/C24H30F3N3O5S2/c1-23(32,24(25,26)27)16-4-6-17(7-5-16)29-9-8-28(37(33,34)22-3-2-10-36-22)12-19(29)13-30-18-11-21(31)20(30)15-35-14-18/h2-7,10,18-21,31-32H,8-9,11-15H2,1H3/t18-,19-,20+,21+,23?/m1/s1. The highest BCUT2D eigenvalue weighted by Crippen LogP contribution is 2.39.